The summed E-state index contributed by atoms with van der Waals surface area (Å²) < 4.78 is 16.3. The Balaban J connectivity index is 1.66. The van der Waals surface area contributed by atoms with Crippen LogP contribution in [0.5, 0.6) is 0 Å². The van der Waals surface area contributed by atoms with E-state index in [1.807, 2.05) is 10.9 Å². The van der Waals surface area contributed by atoms with Crippen molar-refractivity contribution in [1.29, 1.82) is 0 Å². The molecule has 4 rings (SSSR count). The van der Waals surface area contributed by atoms with Crippen LogP contribution >= 0.6 is 15.9 Å². The molecule has 3 aromatic rings. The molecule has 1 aromatic carbocycles. The second kappa shape index (κ2) is 5.31. The van der Waals surface area contributed by atoms with Crippen LogP contribution in [0.4, 0.5) is 10.2 Å². The van der Waals surface area contributed by atoms with E-state index in [-0.39, 0.29) is 5.82 Å². The normalized spacial score (nSPS) is 18.3. The Bertz CT molecular complexity index is 834. The van der Waals surface area contributed by atoms with Crippen molar-refractivity contribution in [2.24, 2.45) is 0 Å². The molecule has 1 aliphatic rings. The third-order valence-electron chi connectivity index (χ3n) is 3.98. The van der Waals surface area contributed by atoms with Crippen LogP contribution in [-0.4, -0.2) is 32.8 Å². The van der Waals surface area contributed by atoms with Crippen LogP contribution < -0.4 is 4.90 Å². The summed E-state index contributed by atoms with van der Waals surface area (Å²) in [5, 5.41) is 5.24. The van der Waals surface area contributed by atoms with E-state index in [4.69, 9.17) is 0 Å². The quantitative estimate of drug-likeness (QED) is 0.703. The third-order valence-corrected chi connectivity index (χ3v) is 4.39. The zero-order valence-corrected chi connectivity index (χ0v) is 13.2. The van der Waals surface area contributed by atoms with E-state index in [1.165, 1.54) is 18.5 Å². The maximum atomic E-state index is 13.3. The molecule has 112 valence electrons. The fourth-order valence-electron chi connectivity index (χ4n) is 2.93. The minimum atomic E-state index is -0.280. The van der Waals surface area contributed by atoms with Crippen molar-refractivity contribution in [2.45, 2.75) is 12.5 Å². The van der Waals surface area contributed by atoms with E-state index in [0.29, 0.717) is 11.6 Å². The number of hydrogen-bond acceptors (Lipinski definition) is 4. The Morgan fingerprint density at radius 3 is 3.00 bits per heavy atom. The summed E-state index contributed by atoms with van der Waals surface area (Å²) in [6.07, 6.45) is 6.28. The molecule has 7 heteroatoms. The third kappa shape index (κ3) is 2.35. The molecular weight excluding hydrogens is 349 g/mol. The zero-order valence-electron chi connectivity index (χ0n) is 11.7. The molecule has 0 spiro atoms. The topological polar surface area (TPSA) is 46.8 Å². The Hall–Kier alpha value is -2.02. The van der Waals surface area contributed by atoms with Crippen LogP contribution in [0.1, 0.15) is 12.5 Å². The van der Waals surface area contributed by atoms with E-state index in [2.05, 4.69) is 35.9 Å². The number of benzene rings is 1. The first-order chi connectivity index (χ1) is 10.7. The summed E-state index contributed by atoms with van der Waals surface area (Å²) in [5.41, 5.74) is 0.635. The monoisotopic (exact) mass is 361 g/mol. The highest BCUT2D eigenvalue weighted by Crippen LogP contribution is 2.30. The van der Waals surface area contributed by atoms with Gasteiger partial charge in [0.05, 0.1) is 22.2 Å². The van der Waals surface area contributed by atoms with Gasteiger partial charge in [-0.3, -0.25) is 4.68 Å². The molecule has 1 aliphatic heterocycles. The van der Waals surface area contributed by atoms with Gasteiger partial charge in [-0.25, -0.2) is 14.4 Å². The SMILES string of the molecule is Fc1ccc2c(N3CCC(n4cc(Br)cn4)C3)ncnc2c1. The van der Waals surface area contributed by atoms with Gasteiger partial charge in [-0.05, 0) is 34.5 Å². The molecule has 0 N–H and O–H groups in total. The van der Waals surface area contributed by atoms with E-state index < -0.39 is 0 Å². The molecule has 0 radical (unpaired) electrons. The Morgan fingerprint density at radius 2 is 2.18 bits per heavy atom. The number of anilines is 1. The van der Waals surface area contributed by atoms with Gasteiger partial charge in [-0.2, -0.15) is 5.10 Å². The zero-order chi connectivity index (χ0) is 15.1. The molecule has 3 heterocycles. The molecule has 1 atom stereocenters. The van der Waals surface area contributed by atoms with Crippen LogP contribution in [0.2, 0.25) is 0 Å². The highest BCUT2D eigenvalue weighted by Gasteiger charge is 2.26. The number of fused-ring (bicyclic) bond motifs is 1. The van der Waals surface area contributed by atoms with Crippen molar-refractivity contribution >= 4 is 32.7 Å². The lowest BCUT2D eigenvalue weighted by molar-refractivity contribution is 0.494. The smallest absolute Gasteiger partial charge is 0.139 e. The fourth-order valence-corrected chi connectivity index (χ4v) is 3.23. The first-order valence-corrected chi connectivity index (χ1v) is 7.85. The summed E-state index contributed by atoms with van der Waals surface area (Å²) in [6.45, 7) is 1.73. The lowest BCUT2D eigenvalue weighted by atomic mass is 10.2. The minimum absolute atomic E-state index is 0.280. The summed E-state index contributed by atoms with van der Waals surface area (Å²) in [5.74, 6) is 0.580. The largest absolute Gasteiger partial charge is 0.354 e. The number of rotatable bonds is 2. The molecule has 0 amide bonds. The van der Waals surface area contributed by atoms with Crippen molar-refractivity contribution in [3.8, 4) is 0 Å². The van der Waals surface area contributed by atoms with Crippen LogP contribution in [0.15, 0.2) is 41.4 Å². The van der Waals surface area contributed by atoms with Gasteiger partial charge in [0.15, 0.2) is 0 Å². The summed E-state index contributed by atoms with van der Waals surface area (Å²) >= 11 is 3.43. The Morgan fingerprint density at radius 1 is 1.27 bits per heavy atom. The molecule has 0 saturated carbocycles. The van der Waals surface area contributed by atoms with E-state index in [9.17, 15) is 4.39 Å². The first kappa shape index (κ1) is 13.6. The molecular formula is C15H13BrFN5. The predicted octanol–water partition coefficient (Wildman–Crippen LogP) is 3.18. The average molecular weight is 362 g/mol. The first-order valence-electron chi connectivity index (χ1n) is 7.05. The van der Waals surface area contributed by atoms with Crippen LogP contribution in [0, 0.1) is 5.82 Å². The predicted molar refractivity (Wildman–Crippen MR) is 85.3 cm³/mol. The second-order valence-electron chi connectivity index (χ2n) is 5.39. The van der Waals surface area contributed by atoms with Gasteiger partial charge >= 0.3 is 0 Å². The maximum Gasteiger partial charge on any atom is 0.139 e. The van der Waals surface area contributed by atoms with Crippen molar-refractivity contribution in [3.63, 3.8) is 0 Å². The summed E-state index contributed by atoms with van der Waals surface area (Å²) in [4.78, 5) is 10.8. The standard InChI is InChI=1S/C15H13BrFN5/c16-10-6-20-22(7-10)12-3-4-21(8-12)15-13-2-1-11(17)5-14(13)18-9-19-15/h1-2,5-7,9,12H,3-4,8H2. The maximum absolute atomic E-state index is 13.3. The molecule has 0 bridgehead atoms. The van der Waals surface area contributed by atoms with Crippen molar-refractivity contribution < 1.29 is 4.39 Å². The van der Waals surface area contributed by atoms with Crippen molar-refractivity contribution in [3.05, 3.63) is 47.2 Å². The van der Waals surface area contributed by atoms with Crippen molar-refractivity contribution in [2.75, 3.05) is 18.0 Å². The number of halogens is 2. The van der Waals surface area contributed by atoms with Gasteiger partial charge in [0, 0.05) is 30.7 Å². The Kier molecular flexibility index (Phi) is 3.29. The van der Waals surface area contributed by atoms with E-state index in [1.54, 1.807) is 12.3 Å². The molecule has 1 fully saturated rings. The van der Waals surface area contributed by atoms with Gasteiger partial charge in [0.1, 0.15) is 18.0 Å². The van der Waals surface area contributed by atoms with E-state index >= 15 is 0 Å². The number of nitrogens with zero attached hydrogens (tertiary/aromatic N) is 5. The lowest BCUT2D eigenvalue weighted by Crippen LogP contribution is -2.22. The van der Waals surface area contributed by atoms with E-state index in [0.717, 1.165) is 35.2 Å². The van der Waals surface area contributed by atoms with Gasteiger partial charge in [-0.1, -0.05) is 0 Å². The van der Waals surface area contributed by atoms with Crippen LogP contribution in [0.25, 0.3) is 10.9 Å². The molecule has 1 saturated heterocycles. The average Bonchev–Trinajstić information content (AvgIpc) is 3.15. The van der Waals surface area contributed by atoms with Crippen LogP contribution in [0.3, 0.4) is 0 Å². The minimum Gasteiger partial charge on any atom is -0.354 e. The highest BCUT2D eigenvalue weighted by molar-refractivity contribution is 9.10. The van der Waals surface area contributed by atoms with Gasteiger partial charge < -0.3 is 4.90 Å². The van der Waals surface area contributed by atoms with Crippen molar-refractivity contribution in [1.82, 2.24) is 19.7 Å². The molecule has 22 heavy (non-hydrogen) atoms. The second-order valence-corrected chi connectivity index (χ2v) is 6.30. The fraction of sp³-hybridized carbons (Fsp3) is 0.267. The molecule has 2 aromatic heterocycles. The molecule has 0 aliphatic carbocycles. The molecule has 1 unspecified atom stereocenters. The van der Waals surface area contributed by atoms with Gasteiger partial charge in [0.25, 0.3) is 0 Å². The summed E-state index contributed by atoms with van der Waals surface area (Å²) in [7, 11) is 0. The summed E-state index contributed by atoms with van der Waals surface area (Å²) in [6, 6.07) is 4.96. The Labute approximate surface area is 134 Å². The lowest BCUT2D eigenvalue weighted by Gasteiger charge is -2.19. The molecule has 5 nitrogen and oxygen atoms in total. The number of aromatic nitrogens is 4. The van der Waals surface area contributed by atoms with Crippen LogP contribution in [-0.2, 0) is 0 Å². The van der Waals surface area contributed by atoms with Gasteiger partial charge in [-0.15, -0.1) is 0 Å². The van der Waals surface area contributed by atoms with Gasteiger partial charge in [0.2, 0.25) is 0 Å². The highest BCUT2D eigenvalue weighted by atomic mass is 79.9. The number of hydrogen-bond donors (Lipinski definition) is 0.